The topological polar surface area (TPSA) is 63.6 Å². The quantitative estimate of drug-likeness (QED) is 0.422. The molecule has 31 heavy (non-hydrogen) atoms. The molecule has 0 saturated heterocycles. The highest BCUT2D eigenvalue weighted by molar-refractivity contribution is 8.00. The number of aliphatic imine (C=N–C) groups is 1. The average Bonchev–Trinajstić information content (AvgIpc) is 2.81. The number of para-hydroxylation sites is 1. The first kappa shape index (κ1) is 19.3. The van der Waals surface area contributed by atoms with E-state index < -0.39 is 0 Å². The Labute approximate surface area is 184 Å². The SMILES string of the molecule is O=C1CSc2c(N=Cc3cccc(OCc4ccc5ccccc5n4)c3)cccc2N1. The zero-order valence-corrected chi connectivity index (χ0v) is 17.4. The first-order chi connectivity index (χ1) is 15.2. The monoisotopic (exact) mass is 425 g/mol. The third-order valence-electron chi connectivity index (χ3n) is 4.87. The molecule has 1 amide bonds. The highest BCUT2D eigenvalue weighted by Gasteiger charge is 2.17. The smallest absolute Gasteiger partial charge is 0.234 e. The van der Waals surface area contributed by atoms with Crippen molar-refractivity contribution in [3.05, 3.63) is 90.1 Å². The van der Waals surface area contributed by atoms with Gasteiger partial charge in [-0.1, -0.05) is 42.5 Å². The number of nitrogens with zero attached hydrogens (tertiary/aromatic N) is 2. The molecule has 1 aliphatic rings. The Bertz CT molecular complexity index is 1300. The van der Waals surface area contributed by atoms with Gasteiger partial charge in [0.1, 0.15) is 12.4 Å². The number of thioether (sulfide) groups is 1. The second-order valence-corrected chi connectivity index (χ2v) is 8.09. The van der Waals surface area contributed by atoms with E-state index in [1.165, 1.54) is 11.8 Å². The van der Waals surface area contributed by atoms with Crippen LogP contribution in [-0.4, -0.2) is 22.9 Å². The molecule has 1 aliphatic heterocycles. The number of pyridine rings is 1. The Morgan fingerprint density at radius 2 is 1.94 bits per heavy atom. The van der Waals surface area contributed by atoms with Crippen LogP contribution in [0.4, 0.5) is 11.4 Å². The number of carbonyl (C=O) groups is 1. The maximum Gasteiger partial charge on any atom is 0.234 e. The Kier molecular flexibility index (Phi) is 5.37. The fourth-order valence-corrected chi connectivity index (χ4v) is 4.27. The minimum Gasteiger partial charge on any atom is -0.487 e. The van der Waals surface area contributed by atoms with Crippen LogP contribution in [0.3, 0.4) is 0 Å². The molecule has 4 aromatic rings. The largest absolute Gasteiger partial charge is 0.487 e. The van der Waals surface area contributed by atoms with Gasteiger partial charge in [-0.2, -0.15) is 0 Å². The van der Waals surface area contributed by atoms with Crippen molar-refractivity contribution < 1.29 is 9.53 Å². The van der Waals surface area contributed by atoms with Crippen molar-refractivity contribution in [3.8, 4) is 5.75 Å². The molecule has 0 aliphatic carbocycles. The molecule has 0 saturated carbocycles. The molecule has 1 aromatic heterocycles. The number of amides is 1. The van der Waals surface area contributed by atoms with Crippen molar-refractivity contribution in [1.82, 2.24) is 4.98 Å². The van der Waals surface area contributed by atoms with Crippen LogP contribution in [0.1, 0.15) is 11.3 Å². The first-order valence-electron chi connectivity index (χ1n) is 9.92. The van der Waals surface area contributed by atoms with Crippen molar-refractivity contribution >= 4 is 46.2 Å². The van der Waals surface area contributed by atoms with Crippen LogP contribution in [-0.2, 0) is 11.4 Å². The Morgan fingerprint density at radius 1 is 1.03 bits per heavy atom. The zero-order chi connectivity index (χ0) is 21.0. The summed E-state index contributed by atoms with van der Waals surface area (Å²) in [4.78, 5) is 21.9. The molecule has 0 radical (unpaired) electrons. The summed E-state index contributed by atoms with van der Waals surface area (Å²) in [6, 6.07) is 25.6. The van der Waals surface area contributed by atoms with E-state index in [0.29, 0.717) is 12.4 Å². The highest BCUT2D eigenvalue weighted by atomic mass is 32.2. The van der Waals surface area contributed by atoms with Crippen LogP contribution in [0.15, 0.2) is 88.8 Å². The molecule has 0 spiro atoms. The van der Waals surface area contributed by atoms with E-state index in [0.717, 1.165) is 44.2 Å². The second-order valence-electron chi connectivity index (χ2n) is 7.11. The van der Waals surface area contributed by atoms with Gasteiger partial charge in [0.25, 0.3) is 0 Å². The summed E-state index contributed by atoms with van der Waals surface area (Å²) >= 11 is 1.51. The summed E-state index contributed by atoms with van der Waals surface area (Å²) in [6.07, 6.45) is 1.81. The molecule has 0 fully saturated rings. The van der Waals surface area contributed by atoms with Gasteiger partial charge in [-0.05, 0) is 42.0 Å². The van der Waals surface area contributed by atoms with Gasteiger partial charge in [0.15, 0.2) is 0 Å². The number of anilines is 1. The van der Waals surface area contributed by atoms with Gasteiger partial charge in [0, 0.05) is 11.6 Å². The van der Waals surface area contributed by atoms with Crippen LogP contribution in [0.25, 0.3) is 10.9 Å². The number of hydrogen-bond donors (Lipinski definition) is 1. The first-order valence-corrected chi connectivity index (χ1v) is 10.9. The second kappa shape index (κ2) is 8.62. The molecule has 2 heterocycles. The third-order valence-corrected chi connectivity index (χ3v) is 5.99. The van der Waals surface area contributed by atoms with Gasteiger partial charge in [-0.15, -0.1) is 11.8 Å². The predicted octanol–water partition coefficient (Wildman–Crippen LogP) is 5.61. The summed E-state index contributed by atoms with van der Waals surface area (Å²) in [5.41, 5.74) is 4.44. The van der Waals surface area contributed by atoms with Crippen molar-refractivity contribution in [1.29, 1.82) is 0 Å². The number of aromatic nitrogens is 1. The van der Waals surface area contributed by atoms with Crippen molar-refractivity contribution in [2.24, 2.45) is 4.99 Å². The summed E-state index contributed by atoms with van der Waals surface area (Å²) in [7, 11) is 0. The van der Waals surface area contributed by atoms with Gasteiger partial charge in [-0.3, -0.25) is 9.79 Å². The standard InChI is InChI=1S/C25H19N3O2S/c29-24-16-31-25-22(9-4-10-23(25)28-24)26-14-17-5-3-7-20(13-17)30-15-19-12-11-18-6-1-2-8-21(18)27-19/h1-14H,15-16H2,(H,28,29). The molecule has 5 nitrogen and oxygen atoms in total. The van der Waals surface area contributed by atoms with Crippen LogP contribution < -0.4 is 10.1 Å². The lowest BCUT2D eigenvalue weighted by Crippen LogP contribution is -2.18. The number of hydrogen-bond acceptors (Lipinski definition) is 5. The van der Waals surface area contributed by atoms with E-state index in [1.807, 2.05) is 79.0 Å². The van der Waals surface area contributed by atoms with E-state index >= 15 is 0 Å². The molecule has 1 N–H and O–H groups in total. The molecule has 152 valence electrons. The van der Waals surface area contributed by atoms with Crippen LogP contribution in [0.5, 0.6) is 5.75 Å². The van der Waals surface area contributed by atoms with E-state index in [-0.39, 0.29) is 5.91 Å². The minimum atomic E-state index is 0.0179. The summed E-state index contributed by atoms with van der Waals surface area (Å²) < 4.78 is 5.96. The molecule has 6 heteroatoms. The van der Waals surface area contributed by atoms with Gasteiger partial charge in [-0.25, -0.2) is 4.98 Å². The maximum atomic E-state index is 11.6. The lowest BCUT2D eigenvalue weighted by molar-refractivity contribution is -0.113. The number of rotatable bonds is 5. The van der Waals surface area contributed by atoms with Crippen LogP contribution in [0.2, 0.25) is 0 Å². The summed E-state index contributed by atoms with van der Waals surface area (Å²) in [5.74, 6) is 1.19. The van der Waals surface area contributed by atoms with Crippen molar-refractivity contribution in [2.45, 2.75) is 11.5 Å². The highest BCUT2D eigenvalue weighted by Crippen LogP contribution is 2.39. The minimum absolute atomic E-state index is 0.0179. The van der Waals surface area contributed by atoms with Gasteiger partial charge in [0.2, 0.25) is 5.91 Å². The molecule has 0 unspecified atom stereocenters. The fraction of sp³-hybridized carbons (Fsp3) is 0.0800. The number of ether oxygens (including phenoxy) is 1. The average molecular weight is 426 g/mol. The summed E-state index contributed by atoms with van der Waals surface area (Å²) in [5, 5.41) is 4.01. The maximum absolute atomic E-state index is 11.6. The zero-order valence-electron chi connectivity index (χ0n) is 16.6. The lowest BCUT2D eigenvalue weighted by Gasteiger charge is -2.17. The predicted molar refractivity (Wildman–Crippen MR) is 126 cm³/mol. The van der Waals surface area contributed by atoms with E-state index in [1.54, 1.807) is 0 Å². The van der Waals surface area contributed by atoms with E-state index in [4.69, 9.17) is 4.74 Å². The number of carbonyl (C=O) groups excluding carboxylic acids is 1. The molecule has 3 aromatic carbocycles. The van der Waals surface area contributed by atoms with Gasteiger partial charge >= 0.3 is 0 Å². The number of fused-ring (bicyclic) bond motifs is 2. The molecule has 5 rings (SSSR count). The molecule has 0 bridgehead atoms. The summed E-state index contributed by atoms with van der Waals surface area (Å²) in [6.45, 7) is 0.397. The van der Waals surface area contributed by atoms with Crippen molar-refractivity contribution in [2.75, 3.05) is 11.1 Å². The van der Waals surface area contributed by atoms with Gasteiger partial charge in [0.05, 0.1) is 33.2 Å². The lowest BCUT2D eigenvalue weighted by atomic mass is 10.2. The molecule has 0 atom stereocenters. The Hall–Kier alpha value is -3.64. The Morgan fingerprint density at radius 3 is 2.90 bits per heavy atom. The Balaban J connectivity index is 1.30. The van der Waals surface area contributed by atoms with Crippen LogP contribution in [0, 0.1) is 0 Å². The number of nitrogens with one attached hydrogen (secondary N) is 1. The van der Waals surface area contributed by atoms with Crippen molar-refractivity contribution in [3.63, 3.8) is 0 Å². The van der Waals surface area contributed by atoms with E-state index in [9.17, 15) is 4.79 Å². The molecular weight excluding hydrogens is 406 g/mol. The normalized spacial score (nSPS) is 13.2. The molecular formula is C25H19N3O2S. The third kappa shape index (κ3) is 4.44. The van der Waals surface area contributed by atoms with Gasteiger partial charge < -0.3 is 10.1 Å². The van der Waals surface area contributed by atoms with E-state index in [2.05, 4.69) is 21.4 Å². The van der Waals surface area contributed by atoms with Crippen LogP contribution >= 0.6 is 11.8 Å². The number of benzene rings is 3. The fourth-order valence-electron chi connectivity index (χ4n) is 3.38.